The molecule has 0 amide bonds. The first-order valence-electron chi connectivity index (χ1n) is 11.2. The van der Waals surface area contributed by atoms with Gasteiger partial charge in [-0.1, -0.05) is 24.3 Å². The summed E-state index contributed by atoms with van der Waals surface area (Å²) < 4.78 is 60.8. The second-order valence-corrected chi connectivity index (χ2v) is 9.13. The van der Waals surface area contributed by atoms with Crippen molar-refractivity contribution in [2.75, 3.05) is 26.3 Å². The minimum Gasteiger partial charge on any atom is -0.489 e. The maximum Gasteiger partial charge on any atom is 0.479 e. The summed E-state index contributed by atoms with van der Waals surface area (Å²) in [5, 5.41) is 0. The fourth-order valence-corrected chi connectivity index (χ4v) is 4.69. The van der Waals surface area contributed by atoms with Crippen molar-refractivity contribution < 1.29 is 26.5 Å². The molecule has 8 heteroatoms. The molecule has 0 saturated carbocycles. The molecule has 4 rings (SSSR count). The molecule has 0 spiro atoms. The number of rotatable bonds is 8. The Balaban J connectivity index is 1.43. The van der Waals surface area contributed by atoms with Crippen LogP contribution in [0.4, 0.5) is 17.6 Å². The van der Waals surface area contributed by atoms with Crippen LogP contribution in [-0.4, -0.2) is 42.8 Å². The molecule has 0 bridgehead atoms. The van der Waals surface area contributed by atoms with E-state index in [-0.39, 0.29) is 18.5 Å². The van der Waals surface area contributed by atoms with Gasteiger partial charge < -0.3 is 8.92 Å². The monoisotopic (exact) mass is 481 g/mol. The van der Waals surface area contributed by atoms with Crippen LogP contribution in [0, 0.1) is 0 Å². The van der Waals surface area contributed by atoms with Crippen LogP contribution >= 0.6 is 12.0 Å². The van der Waals surface area contributed by atoms with Gasteiger partial charge in [0.15, 0.2) is 12.0 Å². The fourth-order valence-electron chi connectivity index (χ4n) is 4.39. The Morgan fingerprint density at radius 1 is 1.06 bits per heavy atom. The molecule has 2 aromatic carbocycles. The molecule has 1 aliphatic carbocycles. The standard InChI is InChI=1S/C25H27F4NO2S/c26-13-3-14-30-15-12-22(17-30)31-20-8-6-18(7-9-20)23-5-2-1-4-19-16-21(10-11-24(19)23)32-33-25(27,28)29/h5-11,16,22H,1-4,12-15,17H2. The van der Waals surface area contributed by atoms with Crippen molar-refractivity contribution in [3.63, 3.8) is 0 Å². The Kier molecular flexibility index (Phi) is 7.86. The topological polar surface area (TPSA) is 21.7 Å². The zero-order chi connectivity index (χ0) is 23.3. The lowest BCUT2D eigenvalue weighted by atomic mass is 9.93. The van der Waals surface area contributed by atoms with Crippen LogP contribution in [0.3, 0.4) is 0 Å². The molecule has 1 heterocycles. The van der Waals surface area contributed by atoms with Crippen molar-refractivity contribution in [1.29, 1.82) is 0 Å². The summed E-state index contributed by atoms with van der Waals surface area (Å²) in [6, 6.07) is 13.1. The minimum absolute atomic E-state index is 0.112. The van der Waals surface area contributed by atoms with E-state index >= 15 is 0 Å². The SMILES string of the molecule is FCCCN1CCC(Oc2ccc(C3=CCCCc4cc(OSC(F)(F)F)ccc43)cc2)C1. The van der Waals surface area contributed by atoms with Crippen LogP contribution in [0.5, 0.6) is 11.5 Å². The number of hydrogen-bond acceptors (Lipinski definition) is 4. The van der Waals surface area contributed by atoms with Gasteiger partial charge in [0.1, 0.15) is 17.6 Å². The number of aryl methyl sites for hydroxylation is 1. The number of halogens is 4. The number of ether oxygens (including phenoxy) is 1. The van der Waals surface area contributed by atoms with Crippen LogP contribution in [0.2, 0.25) is 0 Å². The molecule has 1 unspecified atom stereocenters. The van der Waals surface area contributed by atoms with Gasteiger partial charge in [0.25, 0.3) is 0 Å². The predicted molar refractivity (Wildman–Crippen MR) is 123 cm³/mol. The van der Waals surface area contributed by atoms with Crippen LogP contribution in [0.1, 0.15) is 42.4 Å². The van der Waals surface area contributed by atoms with E-state index in [4.69, 9.17) is 8.92 Å². The highest BCUT2D eigenvalue weighted by molar-refractivity contribution is 7.95. The number of alkyl halides is 4. The van der Waals surface area contributed by atoms with E-state index in [1.54, 1.807) is 12.1 Å². The van der Waals surface area contributed by atoms with Gasteiger partial charge in [-0.05, 0) is 78.6 Å². The van der Waals surface area contributed by atoms with Crippen molar-refractivity contribution in [2.45, 2.75) is 43.7 Å². The first-order chi connectivity index (χ1) is 15.9. The maximum absolute atomic E-state index is 12.5. The normalized spacial score (nSPS) is 19.0. The summed E-state index contributed by atoms with van der Waals surface area (Å²) in [5.41, 5.74) is -0.321. The number of allylic oxidation sites excluding steroid dienone is 1. The third-order valence-electron chi connectivity index (χ3n) is 5.90. The average molecular weight is 482 g/mol. The fraction of sp³-hybridized carbons (Fsp3) is 0.440. The zero-order valence-electron chi connectivity index (χ0n) is 18.2. The van der Waals surface area contributed by atoms with Crippen molar-refractivity contribution in [3.8, 4) is 11.5 Å². The van der Waals surface area contributed by atoms with Crippen LogP contribution in [-0.2, 0) is 6.42 Å². The molecular formula is C25H27F4NO2S. The molecule has 2 aromatic rings. The second-order valence-electron chi connectivity index (χ2n) is 8.34. The van der Waals surface area contributed by atoms with E-state index in [2.05, 4.69) is 11.0 Å². The number of hydrogen-bond donors (Lipinski definition) is 0. The van der Waals surface area contributed by atoms with E-state index in [1.165, 1.54) is 0 Å². The van der Waals surface area contributed by atoms with E-state index in [9.17, 15) is 17.6 Å². The van der Waals surface area contributed by atoms with Crippen molar-refractivity contribution >= 4 is 17.6 Å². The number of benzene rings is 2. The number of fused-ring (bicyclic) bond motifs is 1. The summed E-state index contributed by atoms with van der Waals surface area (Å²) in [5.74, 6) is 1.01. The van der Waals surface area contributed by atoms with Gasteiger partial charge in [-0.2, -0.15) is 13.2 Å². The lowest BCUT2D eigenvalue weighted by Gasteiger charge is -2.17. The predicted octanol–water partition coefficient (Wildman–Crippen LogP) is 6.81. The Bertz CT molecular complexity index is 962. The molecule has 0 N–H and O–H groups in total. The van der Waals surface area contributed by atoms with Gasteiger partial charge >= 0.3 is 5.51 Å². The van der Waals surface area contributed by atoms with Gasteiger partial charge in [-0.15, -0.1) is 0 Å². The molecule has 1 fully saturated rings. The summed E-state index contributed by atoms with van der Waals surface area (Å²) in [7, 11) is 0. The zero-order valence-corrected chi connectivity index (χ0v) is 19.1. The molecule has 2 aliphatic rings. The second kappa shape index (κ2) is 10.8. The minimum atomic E-state index is -4.44. The molecule has 3 nitrogen and oxygen atoms in total. The molecule has 33 heavy (non-hydrogen) atoms. The highest BCUT2D eigenvalue weighted by Gasteiger charge is 2.31. The molecule has 1 aliphatic heterocycles. The highest BCUT2D eigenvalue weighted by Crippen LogP contribution is 2.37. The van der Waals surface area contributed by atoms with Crippen molar-refractivity contribution in [1.82, 2.24) is 4.90 Å². The van der Waals surface area contributed by atoms with Gasteiger partial charge in [0.05, 0.1) is 6.67 Å². The van der Waals surface area contributed by atoms with Crippen molar-refractivity contribution in [3.05, 3.63) is 65.2 Å². The van der Waals surface area contributed by atoms with E-state index < -0.39 is 17.6 Å². The van der Waals surface area contributed by atoms with Gasteiger partial charge in [-0.25, -0.2) is 0 Å². The first-order valence-corrected chi connectivity index (χ1v) is 12.0. The Morgan fingerprint density at radius 2 is 1.85 bits per heavy atom. The van der Waals surface area contributed by atoms with Gasteiger partial charge in [0, 0.05) is 19.6 Å². The smallest absolute Gasteiger partial charge is 0.479 e. The van der Waals surface area contributed by atoms with Crippen LogP contribution < -0.4 is 8.92 Å². The van der Waals surface area contributed by atoms with Crippen LogP contribution in [0.15, 0.2) is 48.5 Å². The highest BCUT2D eigenvalue weighted by atomic mass is 32.2. The lowest BCUT2D eigenvalue weighted by Crippen LogP contribution is -2.26. The quantitative estimate of drug-likeness (QED) is 0.305. The third kappa shape index (κ3) is 6.67. The molecule has 0 aromatic heterocycles. The summed E-state index contributed by atoms with van der Waals surface area (Å²) in [4.78, 5) is 2.23. The Labute approximate surface area is 196 Å². The molecule has 0 radical (unpaired) electrons. The Morgan fingerprint density at radius 3 is 2.61 bits per heavy atom. The average Bonchev–Trinajstić information content (AvgIpc) is 3.13. The third-order valence-corrected chi connectivity index (χ3v) is 6.37. The summed E-state index contributed by atoms with van der Waals surface area (Å²) >= 11 is -0.490. The Hall–Kier alpha value is -2.19. The van der Waals surface area contributed by atoms with Crippen LogP contribution in [0.25, 0.3) is 5.57 Å². The molecule has 1 atom stereocenters. The molecule has 178 valence electrons. The lowest BCUT2D eigenvalue weighted by molar-refractivity contribution is -0.0369. The van der Waals surface area contributed by atoms with Gasteiger partial charge in [0.2, 0.25) is 0 Å². The van der Waals surface area contributed by atoms with E-state index in [0.29, 0.717) is 6.42 Å². The van der Waals surface area contributed by atoms with E-state index in [0.717, 1.165) is 73.3 Å². The molecule has 1 saturated heterocycles. The van der Waals surface area contributed by atoms with E-state index in [1.807, 2.05) is 30.3 Å². The number of likely N-dealkylation sites (tertiary alicyclic amines) is 1. The summed E-state index contributed by atoms with van der Waals surface area (Å²) in [6.45, 7) is 2.23. The largest absolute Gasteiger partial charge is 0.489 e. The van der Waals surface area contributed by atoms with Gasteiger partial charge in [-0.3, -0.25) is 9.29 Å². The maximum atomic E-state index is 12.5. The summed E-state index contributed by atoms with van der Waals surface area (Å²) in [6.07, 6.45) is 6.40. The number of nitrogens with zero attached hydrogens (tertiary/aromatic N) is 1. The molecular weight excluding hydrogens is 454 g/mol. The first kappa shape index (κ1) is 24.0. The van der Waals surface area contributed by atoms with Crippen molar-refractivity contribution in [2.24, 2.45) is 0 Å².